The van der Waals surface area contributed by atoms with Gasteiger partial charge in [0, 0.05) is 6.54 Å². The van der Waals surface area contributed by atoms with Gasteiger partial charge < -0.3 is 10.6 Å². The van der Waals surface area contributed by atoms with Crippen LogP contribution in [-0.4, -0.2) is 38.9 Å². The van der Waals surface area contributed by atoms with Gasteiger partial charge in [-0.25, -0.2) is 8.42 Å². The second-order valence-electron chi connectivity index (χ2n) is 5.40. The van der Waals surface area contributed by atoms with E-state index < -0.39 is 28.0 Å². The zero-order valence-electron chi connectivity index (χ0n) is 13.6. The zero-order valence-corrected chi connectivity index (χ0v) is 15.3. The van der Waals surface area contributed by atoms with Crippen LogP contribution in [-0.2, 0) is 19.6 Å². The fourth-order valence-electron chi connectivity index (χ4n) is 1.83. The molecular formula is C14H23N3O4S2. The molecule has 3 N–H and O–H groups in total. The molecule has 0 saturated carbocycles. The molecular weight excluding hydrogens is 338 g/mol. The molecule has 0 saturated heterocycles. The summed E-state index contributed by atoms with van der Waals surface area (Å²) < 4.78 is 27.1. The van der Waals surface area contributed by atoms with Crippen molar-refractivity contribution >= 4 is 33.2 Å². The molecule has 0 radical (unpaired) electrons. The largest absolute Gasteiger partial charge is 0.355 e. The molecule has 0 fully saturated rings. The number of likely N-dealkylation sites (N-methyl/N-ethyl adjacent to an activating group) is 1. The minimum absolute atomic E-state index is 0.146. The van der Waals surface area contributed by atoms with Gasteiger partial charge >= 0.3 is 0 Å². The van der Waals surface area contributed by atoms with Crippen LogP contribution < -0.4 is 15.4 Å². The lowest BCUT2D eigenvalue weighted by atomic mass is 10.0. The Morgan fingerprint density at radius 2 is 1.87 bits per heavy atom. The first-order valence-electron chi connectivity index (χ1n) is 7.33. The number of nitrogens with one attached hydrogen (secondary N) is 3. The Labute approximate surface area is 140 Å². The third-order valence-electron chi connectivity index (χ3n) is 3.09. The highest BCUT2D eigenvalue weighted by atomic mass is 32.2. The summed E-state index contributed by atoms with van der Waals surface area (Å²) in [6, 6.07) is 1.40. The van der Waals surface area contributed by atoms with Crippen molar-refractivity contribution in [2.24, 2.45) is 5.92 Å². The van der Waals surface area contributed by atoms with Gasteiger partial charge in [0.25, 0.3) is 10.0 Å². The molecule has 2 atom stereocenters. The Bertz CT molecular complexity index is 626. The van der Waals surface area contributed by atoms with Crippen LogP contribution in [0.25, 0.3) is 0 Å². The van der Waals surface area contributed by atoms with E-state index in [1.165, 1.54) is 6.07 Å². The maximum atomic E-state index is 12.3. The first kappa shape index (κ1) is 19.6. The average Bonchev–Trinajstić information content (AvgIpc) is 2.99. The fourth-order valence-corrected chi connectivity index (χ4v) is 4.18. The summed E-state index contributed by atoms with van der Waals surface area (Å²) >= 11 is 1.07. The lowest BCUT2D eigenvalue weighted by Crippen LogP contribution is -2.54. The monoisotopic (exact) mass is 361 g/mol. The minimum Gasteiger partial charge on any atom is -0.355 e. The van der Waals surface area contributed by atoms with E-state index in [2.05, 4.69) is 15.4 Å². The summed E-state index contributed by atoms with van der Waals surface area (Å²) in [5.41, 5.74) is 0. The van der Waals surface area contributed by atoms with E-state index in [9.17, 15) is 18.0 Å². The summed E-state index contributed by atoms with van der Waals surface area (Å²) in [6.07, 6.45) is 0. The Balaban J connectivity index is 2.82. The summed E-state index contributed by atoms with van der Waals surface area (Å²) in [5.74, 6) is -1.12. The number of rotatable bonds is 8. The molecule has 1 rings (SSSR count). The highest BCUT2D eigenvalue weighted by Crippen LogP contribution is 2.17. The maximum Gasteiger partial charge on any atom is 0.250 e. The number of hydrogen-bond acceptors (Lipinski definition) is 5. The number of sulfonamides is 1. The van der Waals surface area contributed by atoms with E-state index in [0.717, 1.165) is 11.3 Å². The molecule has 130 valence electrons. The van der Waals surface area contributed by atoms with Crippen molar-refractivity contribution in [1.82, 2.24) is 15.4 Å². The Kier molecular flexibility index (Phi) is 7.17. The number of carbonyl (C=O) groups is 2. The van der Waals surface area contributed by atoms with Crippen LogP contribution in [0.1, 0.15) is 27.7 Å². The summed E-state index contributed by atoms with van der Waals surface area (Å²) in [5, 5.41) is 6.79. The van der Waals surface area contributed by atoms with Crippen molar-refractivity contribution in [2.75, 3.05) is 6.54 Å². The van der Waals surface area contributed by atoms with Crippen LogP contribution in [0.4, 0.5) is 0 Å². The molecule has 1 heterocycles. The maximum absolute atomic E-state index is 12.3. The second kappa shape index (κ2) is 8.42. The van der Waals surface area contributed by atoms with Crippen LogP contribution in [0, 0.1) is 5.92 Å². The van der Waals surface area contributed by atoms with Crippen molar-refractivity contribution in [3.63, 3.8) is 0 Å². The number of carbonyl (C=O) groups excluding carboxylic acids is 2. The van der Waals surface area contributed by atoms with E-state index in [1.54, 1.807) is 39.1 Å². The van der Waals surface area contributed by atoms with Gasteiger partial charge in [-0.05, 0) is 31.2 Å². The van der Waals surface area contributed by atoms with Gasteiger partial charge in [0.1, 0.15) is 16.3 Å². The predicted molar refractivity (Wildman–Crippen MR) is 89.6 cm³/mol. The Hall–Kier alpha value is -1.45. The number of hydrogen-bond donors (Lipinski definition) is 3. The van der Waals surface area contributed by atoms with Crippen LogP contribution in [0.3, 0.4) is 0 Å². The van der Waals surface area contributed by atoms with Gasteiger partial charge in [0.05, 0.1) is 0 Å². The molecule has 0 bridgehead atoms. The summed E-state index contributed by atoms with van der Waals surface area (Å²) in [7, 11) is -3.77. The molecule has 23 heavy (non-hydrogen) atoms. The Morgan fingerprint density at radius 3 is 2.35 bits per heavy atom. The van der Waals surface area contributed by atoms with Crippen LogP contribution in [0.15, 0.2) is 21.7 Å². The molecule has 1 aromatic heterocycles. The first-order chi connectivity index (χ1) is 10.7. The van der Waals surface area contributed by atoms with Crippen LogP contribution >= 0.6 is 11.3 Å². The highest BCUT2D eigenvalue weighted by molar-refractivity contribution is 7.91. The second-order valence-corrected chi connectivity index (χ2v) is 8.29. The fraction of sp³-hybridized carbons (Fsp3) is 0.571. The van der Waals surface area contributed by atoms with Gasteiger partial charge in [-0.3, -0.25) is 9.59 Å². The van der Waals surface area contributed by atoms with E-state index in [0.29, 0.717) is 6.54 Å². The summed E-state index contributed by atoms with van der Waals surface area (Å²) in [4.78, 5) is 24.0. The van der Waals surface area contributed by atoms with Crippen molar-refractivity contribution in [3.05, 3.63) is 17.5 Å². The molecule has 0 aliphatic rings. The molecule has 1 aromatic rings. The van der Waals surface area contributed by atoms with Crippen molar-refractivity contribution < 1.29 is 18.0 Å². The summed E-state index contributed by atoms with van der Waals surface area (Å²) in [6.45, 7) is 7.25. The predicted octanol–water partition coefficient (Wildman–Crippen LogP) is 0.692. The lowest BCUT2D eigenvalue weighted by Gasteiger charge is -2.23. The normalized spacial score (nSPS) is 14.3. The third kappa shape index (κ3) is 5.60. The van der Waals surface area contributed by atoms with Gasteiger partial charge in [-0.1, -0.05) is 19.9 Å². The average molecular weight is 361 g/mol. The minimum atomic E-state index is -3.77. The smallest absolute Gasteiger partial charge is 0.250 e. The van der Waals surface area contributed by atoms with Crippen LogP contribution in [0.5, 0.6) is 0 Å². The van der Waals surface area contributed by atoms with Crippen LogP contribution in [0.2, 0.25) is 0 Å². The molecule has 2 amide bonds. The van der Waals surface area contributed by atoms with Gasteiger partial charge in [0.2, 0.25) is 11.8 Å². The first-order valence-corrected chi connectivity index (χ1v) is 9.69. The Morgan fingerprint density at radius 1 is 1.22 bits per heavy atom. The lowest BCUT2D eigenvalue weighted by molar-refractivity contribution is -0.129. The molecule has 0 spiro atoms. The standard InChI is InChI=1S/C14H23N3O4S2/c1-5-15-13(18)10(4)16-14(19)12(9(2)3)17-23(20,21)11-7-6-8-22-11/h6-10,12,17H,5H2,1-4H3,(H,15,18)(H,16,19). The number of thiophene rings is 1. The van der Waals surface area contributed by atoms with Gasteiger partial charge in [-0.2, -0.15) is 4.72 Å². The van der Waals surface area contributed by atoms with Gasteiger partial charge in [-0.15, -0.1) is 11.3 Å². The molecule has 0 aliphatic carbocycles. The van der Waals surface area contributed by atoms with E-state index >= 15 is 0 Å². The quantitative estimate of drug-likeness (QED) is 0.634. The molecule has 0 aromatic carbocycles. The molecule has 9 heteroatoms. The van der Waals surface area contributed by atoms with E-state index in [-0.39, 0.29) is 16.0 Å². The third-order valence-corrected chi connectivity index (χ3v) is 5.93. The van der Waals surface area contributed by atoms with Gasteiger partial charge in [0.15, 0.2) is 0 Å². The van der Waals surface area contributed by atoms with E-state index in [1.807, 2.05) is 0 Å². The number of amides is 2. The SMILES string of the molecule is CCNC(=O)C(C)NC(=O)C(NS(=O)(=O)c1cccs1)C(C)C. The van der Waals surface area contributed by atoms with Crippen molar-refractivity contribution in [3.8, 4) is 0 Å². The zero-order chi connectivity index (χ0) is 17.6. The van der Waals surface area contributed by atoms with Crippen molar-refractivity contribution in [1.29, 1.82) is 0 Å². The topological polar surface area (TPSA) is 104 Å². The van der Waals surface area contributed by atoms with E-state index in [4.69, 9.17) is 0 Å². The molecule has 0 aliphatic heterocycles. The highest BCUT2D eigenvalue weighted by Gasteiger charge is 2.30. The molecule has 2 unspecified atom stereocenters. The van der Waals surface area contributed by atoms with Crippen molar-refractivity contribution in [2.45, 2.75) is 44.0 Å². The molecule has 7 nitrogen and oxygen atoms in total.